The van der Waals surface area contributed by atoms with Crippen molar-refractivity contribution in [1.29, 1.82) is 0 Å². The Morgan fingerprint density at radius 3 is 2.30 bits per heavy atom. The molecule has 0 unspecified atom stereocenters. The number of rotatable bonds is 4. The Morgan fingerprint density at radius 1 is 0.889 bits per heavy atom. The predicted molar refractivity (Wildman–Crippen MR) is 104 cm³/mol. The van der Waals surface area contributed by atoms with Gasteiger partial charge in [-0.1, -0.05) is 30.3 Å². The van der Waals surface area contributed by atoms with Crippen LogP contribution < -0.4 is 10.1 Å². The van der Waals surface area contributed by atoms with Crippen molar-refractivity contribution >= 4 is 17.3 Å². The molecular formula is C22H22N2O3. The zero-order valence-corrected chi connectivity index (χ0v) is 15.3. The number of hydrogen-bond acceptors (Lipinski definition) is 5. The second kappa shape index (κ2) is 7.27. The standard InChI is InChI=1S/C22H22N2O3/c1-27-16-9-7-8-15(14-16)23-19-20(24-12-5-2-6-13-24)22(26)18-11-4-3-10-17(18)21(19)25/h3-4,7-11,14,23H,2,5-6,12-13H2,1H3. The molecule has 138 valence electrons. The molecule has 0 spiro atoms. The number of methoxy groups -OCH3 is 1. The number of ether oxygens (including phenoxy) is 1. The molecule has 1 aliphatic carbocycles. The SMILES string of the molecule is COc1cccc(NC2=C(N3CCCCC3)C(=O)c3ccccc3C2=O)c1. The van der Waals surface area contributed by atoms with E-state index in [0.29, 0.717) is 28.3 Å². The third-order valence-electron chi connectivity index (χ3n) is 5.11. The quantitative estimate of drug-likeness (QED) is 0.894. The summed E-state index contributed by atoms with van der Waals surface area (Å²) in [4.78, 5) is 28.6. The summed E-state index contributed by atoms with van der Waals surface area (Å²) in [5, 5.41) is 3.21. The van der Waals surface area contributed by atoms with Gasteiger partial charge in [0.2, 0.25) is 11.6 Å². The number of anilines is 1. The first-order chi connectivity index (χ1) is 13.2. The molecule has 2 aliphatic rings. The number of Topliss-reactive ketones (excluding diaryl/α,β-unsaturated/α-hetero) is 2. The van der Waals surface area contributed by atoms with Gasteiger partial charge in [0.25, 0.3) is 0 Å². The van der Waals surface area contributed by atoms with Crippen LogP contribution in [-0.4, -0.2) is 36.7 Å². The molecule has 0 radical (unpaired) electrons. The lowest BCUT2D eigenvalue weighted by Crippen LogP contribution is -2.39. The van der Waals surface area contributed by atoms with Gasteiger partial charge in [-0.25, -0.2) is 0 Å². The molecule has 1 saturated heterocycles. The van der Waals surface area contributed by atoms with Gasteiger partial charge in [-0.3, -0.25) is 9.59 Å². The van der Waals surface area contributed by atoms with Crippen LogP contribution in [0.15, 0.2) is 59.9 Å². The molecule has 1 aliphatic heterocycles. The Hall–Kier alpha value is -3.08. The van der Waals surface area contributed by atoms with Gasteiger partial charge in [0.1, 0.15) is 17.1 Å². The first-order valence-electron chi connectivity index (χ1n) is 9.28. The van der Waals surface area contributed by atoms with Crippen molar-refractivity contribution in [2.45, 2.75) is 19.3 Å². The molecule has 5 nitrogen and oxygen atoms in total. The smallest absolute Gasteiger partial charge is 0.212 e. The number of likely N-dealkylation sites (tertiary alicyclic amines) is 1. The van der Waals surface area contributed by atoms with E-state index in [9.17, 15) is 9.59 Å². The van der Waals surface area contributed by atoms with E-state index in [0.717, 1.165) is 38.0 Å². The molecule has 0 saturated carbocycles. The lowest BCUT2D eigenvalue weighted by atomic mass is 9.89. The molecule has 0 amide bonds. The van der Waals surface area contributed by atoms with Crippen LogP contribution in [0, 0.1) is 0 Å². The fraction of sp³-hybridized carbons (Fsp3) is 0.273. The van der Waals surface area contributed by atoms with Crippen LogP contribution in [0.1, 0.15) is 40.0 Å². The van der Waals surface area contributed by atoms with Crippen LogP contribution in [0.3, 0.4) is 0 Å². The predicted octanol–water partition coefficient (Wildman–Crippen LogP) is 3.88. The van der Waals surface area contributed by atoms with E-state index in [2.05, 4.69) is 10.2 Å². The average molecular weight is 362 g/mol. The van der Waals surface area contributed by atoms with Gasteiger partial charge in [0.15, 0.2) is 0 Å². The Labute approximate surface area is 158 Å². The molecule has 4 rings (SSSR count). The lowest BCUT2D eigenvalue weighted by molar-refractivity contribution is 0.0935. The van der Waals surface area contributed by atoms with E-state index in [4.69, 9.17) is 4.74 Å². The number of nitrogens with zero attached hydrogens (tertiary/aromatic N) is 1. The second-order valence-electron chi connectivity index (χ2n) is 6.83. The molecule has 1 fully saturated rings. The second-order valence-corrected chi connectivity index (χ2v) is 6.83. The summed E-state index contributed by atoms with van der Waals surface area (Å²) in [5.41, 5.74) is 2.50. The molecule has 0 aromatic heterocycles. The third kappa shape index (κ3) is 3.21. The van der Waals surface area contributed by atoms with E-state index in [1.54, 1.807) is 31.4 Å². The average Bonchev–Trinajstić information content (AvgIpc) is 2.73. The van der Waals surface area contributed by atoms with E-state index in [1.165, 1.54) is 0 Å². The molecule has 1 heterocycles. The number of benzene rings is 2. The summed E-state index contributed by atoms with van der Waals surface area (Å²) in [6, 6.07) is 14.4. The Balaban J connectivity index is 1.81. The van der Waals surface area contributed by atoms with Gasteiger partial charge in [-0.15, -0.1) is 0 Å². The van der Waals surface area contributed by atoms with Gasteiger partial charge in [0, 0.05) is 36.0 Å². The summed E-state index contributed by atoms with van der Waals surface area (Å²) in [6.07, 6.45) is 3.21. The fourth-order valence-corrected chi connectivity index (χ4v) is 3.74. The largest absolute Gasteiger partial charge is 0.497 e. The number of ketones is 2. The number of hydrogen-bond donors (Lipinski definition) is 1. The highest BCUT2D eigenvalue weighted by Gasteiger charge is 2.35. The maximum absolute atomic E-state index is 13.3. The third-order valence-corrected chi connectivity index (χ3v) is 5.11. The van der Waals surface area contributed by atoms with Crippen LogP contribution in [0.5, 0.6) is 5.75 Å². The van der Waals surface area contributed by atoms with Gasteiger partial charge in [0.05, 0.1) is 7.11 Å². The van der Waals surface area contributed by atoms with E-state index in [-0.39, 0.29) is 11.6 Å². The topological polar surface area (TPSA) is 58.6 Å². The molecule has 2 aromatic carbocycles. The van der Waals surface area contributed by atoms with Crippen molar-refractivity contribution in [2.24, 2.45) is 0 Å². The lowest BCUT2D eigenvalue weighted by Gasteiger charge is -2.34. The fourth-order valence-electron chi connectivity index (χ4n) is 3.74. The van der Waals surface area contributed by atoms with Gasteiger partial charge in [-0.2, -0.15) is 0 Å². The van der Waals surface area contributed by atoms with E-state index in [1.807, 2.05) is 24.3 Å². The van der Waals surface area contributed by atoms with E-state index < -0.39 is 0 Å². The Morgan fingerprint density at radius 2 is 1.59 bits per heavy atom. The molecule has 27 heavy (non-hydrogen) atoms. The highest BCUT2D eigenvalue weighted by atomic mass is 16.5. The summed E-state index contributed by atoms with van der Waals surface area (Å²) in [7, 11) is 1.60. The molecule has 0 atom stereocenters. The number of piperidine rings is 1. The van der Waals surface area contributed by atoms with Crippen molar-refractivity contribution in [1.82, 2.24) is 4.90 Å². The van der Waals surface area contributed by atoms with Crippen LogP contribution >= 0.6 is 0 Å². The first-order valence-corrected chi connectivity index (χ1v) is 9.28. The number of nitrogens with one attached hydrogen (secondary N) is 1. The van der Waals surface area contributed by atoms with Gasteiger partial charge in [-0.05, 0) is 31.4 Å². The summed E-state index contributed by atoms with van der Waals surface area (Å²) < 4.78 is 5.27. The van der Waals surface area contributed by atoms with Crippen LogP contribution in [0.25, 0.3) is 0 Å². The number of carbonyl (C=O) groups excluding carboxylic acids is 2. The van der Waals surface area contributed by atoms with Crippen molar-refractivity contribution in [3.8, 4) is 5.75 Å². The van der Waals surface area contributed by atoms with E-state index >= 15 is 0 Å². The number of allylic oxidation sites excluding steroid dienone is 2. The van der Waals surface area contributed by atoms with Crippen molar-refractivity contribution in [2.75, 3.05) is 25.5 Å². The zero-order valence-electron chi connectivity index (χ0n) is 15.3. The Bertz CT molecular complexity index is 927. The monoisotopic (exact) mass is 362 g/mol. The maximum atomic E-state index is 13.3. The first kappa shape index (κ1) is 17.3. The van der Waals surface area contributed by atoms with Crippen LogP contribution in [0.4, 0.5) is 5.69 Å². The van der Waals surface area contributed by atoms with Crippen molar-refractivity contribution in [3.05, 3.63) is 71.1 Å². The minimum Gasteiger partial charge on any atom is -0.497 e. The normalized spacial score (nSPS) is 17.0. The minimum atomic E-state index is -0.145. The zero-order chi connectivity index (χ0) is 18.8. The highest BCUT2D eigenvalue weighted by molar-refractivity contribution is 6.27. The minimum absolute atomic E-state index is 0.0857. The van der Waals surface area contributed by atoms with Crippen molar-refractivity contribution < 1.29 is 14.3 Å². The van der Waals surface area contributed by atoms with Crippen molar-refractivity contribution in [3.63, 3.8) is 0 Å². The molecule has 5 heteroatoms. The van der Waals surface area contributed by atoms with Crippen LogP contribution in [0.2, 0.25) is 0 Å². The molecule has 2 aromatic rings. The summed E-state index contributed by atoms with van der Waals surface area (Å²) in [5.74, 6) is 0.459. The maximum Gasteiger partial charge on any atom is 0.212 e. The summed E-state index contributed by atoms with van der Waals surface area (Å²) in [6.45, 7) is 1.58. The molecule has 0 bridgehead atoms. The molecule has 1 N–H and O–H groups in total. The molecular weight excluding hydrogens is 340 g/mol. The Kier molecular flexibility index (Phi) is 4.67. The van der Waals surface area contributed by atoms with Gasteiger partial charge < -0.3 is 15.0 Å². The van der Waals surface area contributed by atoms with Crippen LogP contribution in [-0.2, 0) is 0 Å². The number of fused-ring (bicyclic) bond motifs is 1. The number of carbonyl (C=O) groups is 2. The highest BCUT2D eigenvalue weighted by Crippen LogP contribution is 2.31. The van der Waals surface area contributed by atoms with Gasteiger partial charge >= 0.3 is 0 Å². The summed E-state index contributed by atoms with van der Waals surface area (Å²) >= 11 is 0.